The van der Waals surface area contributed by atoms with Gasteiger partial charge in [-0.2, -0.15) is 0 Å². The number of rotatable bonds is 20. The van der Waals surface area contributed by atoms with Gasteiger partial charge in [-0.1, -0.05) is 102 Å². The van der Waals surface area contributed by atoms with E-state index in [4.69, 9.17) is 155 Å². The van der Waals surface area contributed by atoms with Gasteiger partial charge in [0.2, 0.25) is 0 Å². The molecule has 8 rings (SSSR count). The van der Waals surface area contributed by atoms with Crippen molar-refractivity contribution in [2.75, 3.05) is 26.3 Å². The van der Waals surface area contributed by atoms with Crippen molar-refractivity contribution in [2.45, 2.75) is 177 Å². The third kappa shape index (κ3) is 20.6. The summed E-state index contributed by atoms with van der Waals surface area (Å²) in [6.07, 6.45) is -23.3. The topological polar surface area (TPSA) is 559 Å². The van der Waals surface area contributed by atoms with Gasteiger partial charge in [-0.15, -0.1) is 0 Å². The summed E-state index contributed by atoms with van der Waals surface area (Å²) in [5.74, 6) is -19.5. The Balaban J connectivity index is 0.000000263. The molecule has 4 fully saturated rings. The van der Waals surface area contributed by atoms with Gasteiger partial charge in [-0.05, 0) is 72.5 Å². The van der Waals surface area contributed by atoms with Gasteiger partial charge in [0.25, 0.3) is 45.7 Å². The second kappa shape index (κ2) is 36.2. The van der Waals surface area contributed by atoms with Crippen LogP contribution in [0, 0.1) is 42.8 Å². The van der Waals surface area contributed by atoms with Crippen molar-refractivity contribution in [3.8, 4) is 0 Å². The number of aromatic nitrogens is 8. The molecule has 48 heteroatoms. The molecule has 4 aromatic heterocycles. The van der Waals surface area contributed by atoms with Crippen LogP contribution in [0.15, 0.2) is 44.0 Å². The average Bonchev–Trinajstić information content (AvgIpc) is 1.58. The minimum Gasteiger partial charge on any atom is -0.458 e. The summed E-state index contributed by atoms with van der Waals surface area (Å²) < 4.78 is 148. The van der Waals surface area contributed by atoms with Gasteiger partial charge >= 0.3 is 23.9 Å². The summed E-state index contributed by atoms with van der Waals surface area (Å²) in [5.41, 5.74) is 19.3. The zero-order chi connectivity index (χ0) is 84.7. The molecule has 20 N–H and O–H groups in total. The smallest absolute Gasteiger partial charge is 0.323 e. The normalized spacial score (nSPS) is 32.3. The quantitative estimate of drug-likeness (QED) is 0.0240. The van der Waals surface area contributed by atoms with Crippen LogP contribution in [0.2, 0.25) is 20.1 Å². The van der Waals surface area contributed by atoms with Crippen LogP contribution in [0.4, 0.5) is 17.6 Å². The molecule has 0 bridgehead atoms. The van der Waals surface area contributed by atoms with Crippen LogP contribution in [-0.2, 0) is 57.1 Å². The Morgan fingerprint density at radius 1 is 0.452 bits per heavy atom. The highest BCUT2D eigenvalue weighted by Crippen LogP contribution is 2.43. The lowest BCUT2D eigenvalue weighted by molar-refractivity contribution is -0.217. The number of halogens is 8. The van der Waals surface area contributed by atoms with Crippen LogP contribution in [0.1, 0.15) is 88.5 Å². The Morgan fingerprint density at radius 3 is 0.981 bits per heavy atom. The van der Waals surface area contributed by atoms with Gasteiger partial charge in [-0.25, -0.2) is 17.6 Å². The second-order valence-corrected chi connectivity index (χ2v) is 27.4. The van der Waals surface area contributed by atoms with Gasteiger partial charge in [0.1, 0.15) is 93.1 Å². The predicted octanol–water partition coefficient (Wildman–Crippen LogP) is 0.00876. The molecule has 4 aliphatic heterocycles. The molecule has 0 aliphatic carbocycles. The number of ether oxygens (including phenoxy) is 8. The first-order valence-corrected chi connectivity index (χ1v) is 33.1. The first-order chi connectivity index (χ1) is 50.1. The van der Waals surface area contributed by atoms with Crippen molar-refractivity contribution >= 4 is 119 Å². The summed E-state index contributed by atoms with van der Waals surface area (Å²) in [6.45, 7) is 3.54. The van der Waals surface area contributed by atoms with E-state index in [1.807, 2.05) is 4.98 Å². The Kier molecular flexibility index (Phi) is 27.7. The summed E-state index contributed by atoms with van der Waals surface area (Å²) in [7, 11) is 0. The molecule has 0 unspecified atom stereocenters. The minimum absolute atomic E-state index is 0.210. The fourth-order valence-electron chi connectivity index (χ4n) is 8.46. The fourth-order valence-corrected chi connectivity index (χ4v) is 10.0. The number of alkyl halides is 4. The van der Waals surface area contributed by atoms with Crippen LogP contribution in [0.5, 0.6) is 0 Å². The third-order valence-corrected chi connectivity index (χ3v) is 17.5. The highest BCUT2D eigenvalue weighted by Gasteiger charge is 2.61. The number of nitrogens with one attached hydrogen (secondary N) is 4. The first kappa shape index (κ1) is 79.6. The molecular formula is C56H76Cl4F4N12O24S4. The predicted molar refractivity (Wildman–Crippen MR) is 363 cm³/mol. The molecule has 0 amide bonds. The molecule has 20 atom stereocenters. The number of hydrogen-bond acceptors (Lipinski definition) is 32. The summed E-state index contributed by atoms with van der Waals surface area (Å²) in [4.78, 5) is 102. The van der Waals surface area contributed by atoms with Crippen LogP contribution in [0.25, 0.3) is 0 Å². The number of nitrogens with two attached hydrogens (primary N) is 4. The number of aliphatic hydroxyl groups is 8. The lowest BCUT2D eigenvalue weighted by Gasteiger charge is -2.24. The number of aliphatic hydroxyl groups excluding tert-OH is 8. The van der Waals surface area contributed by atoms with Gasteiger partial charge in [0.05, 0.1) is 8.22 Å². The molecule has 4 saturated heterocycles. The summed E-state index contributed by atoms with van der Waals surface area (Å²) in [5, 5.41) is 79.4. The summed E-state index contributed by atoms with van der Waals surface area (Å²) in [6, 6.07) is -4.59. The standard InChI is InChI=1S/4C14H19ClFN3O6S/c4*1-5(2)7(17)12(23)24-4-14(16)9(21)8(20)11(25-14)19-3-6(15)10(22)18-13(19)26/h4*3,5,7-9,11,20-21H,4,17H2,1-2H3,(H,18,22,26)/t4*7-,8+,9-,11+,14+/m0000/s1/i4D2,11D;11D;4D2;. The number of nitrogens with zero attached hydrogens (tertiary/aromatic N) is 4. The van der Waals surface area contributed by atoms with Crippen LogP contribution in [0.3, 0.4) is 0 Å². The van der Waals surface area contributed by atoms with Gasteiger partial charge in [-0.3, -0.25) is 76.6 Å². The molecule has 4 aromatic rings. The highest BCUT2D eigenvalue weighted by molar-refractivity contribution is 7.71. The fraction of sp³-hybridized carbons (Fsp3) is 0.643. The van der Waals surface area contributed by atoms with E-state index in [2.05, 4.69) is 24.4 Å². The molecule has 4 aliphatic rings. The maximum Gasteiger partial charge on any atom is 0.323 e. The zero-order valence-electron chi connectivity index (χ0n) is 61.0. The van der Waals surface area contributed by atoms with Crippen molar-refractivity contribution in [1.29, 1.82) is 0 Å². The molecule has 0 saturated carbocycles. The van der Waals surface area contributed by atoms with Crippen molar-refractivity contribution in [2.24, 2.45) is 46.6 Å². The Labute approximate surface area is 632 Å². The second-order valence-electron chi connectivity index (χ2n) is 24.3. The number of carbonyl (C=O) groups excluding carboxylic acids is 4. The lowest BCUT2D eigenvalue weighted by atomic mass is 10.1. The van der Waals surface area contributed by atoms with Gasteiger partial charge in [0.15, 0.2) is 70.3 Å². The molecule has 584 valence electrons. The molecule has 8 heterocycles. The molecule has 104 heavy (non-hydrogen) atoms. The molecule has 0 radical (unpaired) electrons. The number of carbonyl (C=O) groups is 4. The summed E-state index contributed by atoms with van der Waals surface area (Å²) >= 11 is 42.2. The zero-order valence-corrected chi connectivity index (χ0v) is 61.3. The molecule has 0 spiro atoms. The van der Waals surface area contributed by atoms with E-state index in [-0.39, 0.29) is 31.4 Å². The Hall–Kier alpha value is -5.48. The van der Waals surface area contributed by atoms with E-state index >= 15 is 13.2 Å². The van der Waals surface area contributed by atoms with Crippen molar-refractivity contribution in [3.05, 3.63) is 105 Å². The van der Waals surface area contributed by atoms with Crippen LogP contribution in [-0.4, -0.2) is 226 Å². The van der Waals surface area contributed by atoms with Crippen molar-refractivity contribution in [1.82, 2.24) is 38.2 Å². The van der Waals surface area contributed by atoms with E-state index in [1.54, 1.807) is 41.5 Å². The maximum atomic E-state index is 15.5. The molecular weight excluding hydrogens is 1570 g/mol. The number of esters is 4. The largest absolute Gasteiger partial charge is 0.458 e. The van der Waals surface area contributed by atoms with E-state index in [0.717, 1.165) is 33.9 Å². The average molecular weight is 1650 g/mol. The minimum atomic E-state index is -3.90. The van der Waals surface area contributed by atoms with Crippen LogP contribution >= 0.6 is 95.3 Å². The molecule has 36 nitrogen and oxygen atoms in total. The maximum absolute atomic E-state index is 15.5. The first-order valence-electron chi connectivity index (χ1n) is 33.0. The highest BCUT2D eigenvalue weighted by atomic mass is 35.5. The number of aromatic amines is 4. The number of H-pyrrole nitrogens is 4. The lowest BCUT2D eigenvalue weighted by Crippen LogP contribution is -2.46. The number of hydrogen-bond donors (Lipinski definition) is 16. The molecule has 0 aromatic carbocycles. The Morgan fingerprint density at radius 2 is 0.673 bits per heavy atom. The van der Waals surface area contributed by atoms with E-state index in [9.17, 15) is 83.6 Å². The van der Waals surface area contributed by atoms with Gasteiger partial charge < -0.3 is 102 Å². The third-order valence-electron chi connectivity index (χ3n) is 15.2. The SMILES string of the molecule is CC(C)[C@H](N)C(=O)OC[C@@]1(F)O[C@@H](n2cc(Cl)c(=O)[nH]c2=S)[C@H](O)[C@@H]1O.[2H]C([2H])(OC(=O)[C@@H](N)C(C)C)[C@@]1(F)O[C@@H](n2cc(Cl)c(=O)[nH]c2=S)[C@H](O)[C@@H]1O.[2H]C([2H])(OC(=O)[C@@H](N)C(C)C)[C@@]1(F)O[C@@]([2H])(n2cc(Cl)c(=O)[nH]c2=S)[C@H](O)[C@@H]1O.[2H][C@@]1(n2cc(Cl)c(=O)[nH]c2=S)O[C@](F)(COC(=O)[C@@H](N)C(C)C)[C@@H](O)[C@H]1O. The van der Waals surface area contributed by atoms with Gasteiger partial charge in [0, 0.05) is 24.8 Å². The van der Waals surface area contributed by atoms with E-state index in [0.29, 0.717) is 9.13 Å². The van der Waals surface area contributed by atoms with Crippen LogP contribution < -0.4 is 45.2 Å². The van der Waals surface area contributed by atoms with Crippen molar-refractivity contribution in [3.63, 3.8) is 0 Å². The van der Waals surface area contributed by atoms with E-state index in [1.165, 1.54) is 13.8 Å². The monoisotopic (exact) mass is 1650 g/mol. The Bertz CT molecular complexity index is 4590. The van der Waals surface area contributed by atoms with E-state index < -0.39 is 225 Å². The van der Waals surface area contributed by atoms with Crippen molar-refractivity contribution < 1.29 is 124 Å².